The van der Waals surface area contributed by atoms with Gasteiger partial charge in [-0.15, -0.1) is 0 Å². The van der Waals surface area contributed by atoms with Crippen LogP contribution in [0.3, 0.4) is 0 Å². The van der Waals surface area contributed by atoms with Crippen molar-refractivity contribution in [2.75, 3.05) is 13.2 Å². The molecule has 7 rings (SSSR count). The molecule has 0 bridgehead atoms. The molecule has 0 saturated carbocycles. The fourth-order valence-corrected chi connectivity index (χ4v) is 5.92. The summed E-state index contributed by atoms with van der Waals surface area (Å²) in [7, 11) is 1.76. The number of aromatic nitrogens is 6. The number of nitrogens with one attached hydrogen (secondary N) is 2. The van der Waals surface area contributed by atoms with Crippen LogP contribution in [0.4, 0.5) is 0 Å². The standard InChI is InChI=1S/C33H33N7O3/c1-33(2,42)19-40-17-22(16-36-40)31-37-26-10-9-21(25-18-39(3)32(41)29-23(25)11-12-34-29)15-24(26)28(38-31)30-27(35-13-14-43-30)20-7-5-4-6-8-20/h4-12,15-18,27,30,34-35,42H,13-14,19H2,1-3H3/t27?,30-/m0/s1. The molecule has 1 fully saturated rings. The number of morpholine rings is 1. The second-order valence-corrected chi connectivity index (χ2v) is 11.8. The van der Waals surface area contributed by atoms with Crippen LogP contribution in [-0.4, -0.2) is 53.2 Å². The first kappa shape index (κ1) is 27.2. The lowest BCUT2D eigenvalue weighted by Crippen LogP contribution is -2.37. The zero-order valence-electron chi connectivity index (χ0n) is 24.3. The minimum atomic E-state index is -0.911. The van der Waals surface area contributed by atoms with E-state index in [0.29, 0.717) is 24.5 Å². The first-order valence-electron chi connectivity index (χ1n) is 14.4. The molecule has 218 valence electrons. The molecule has 5 heterocycles. The van der Waals surface area contributed by atoms with Gasteiger partial charge in [0.25, 0.3) is 5.56 Å². The van der Waals surface area contributed by atoms with Crippen molar-refractivity contribution >= 4 is 21.8 Å². The molecule has 10 heteroatoms. The van der Waals surface area contributed by atoms with Gasteiger partial charge in [0.2, 0.25) is 0 Å². The molecule has 1 unspecified atom stereocenters. The average Bonchev–Trinajstić information content (AvgIpc) is 3.68. The van der Waals surface area contributed by atoms with Crippen LogP contribution in [0.15, 0.2) is 84.2 Å². The van der Waals surface area contributed by atoms with E-state index in [9.17, 15) is 9.90 Å². The third-order valence-electron chi connectivity index (χ3n) is 7.87. The topological polar surface area (TPSA) is 123 Å². The predicted octanol–water partition coefficient (Wildman–Crippen LogP) is 4.51. The van der Waals surface area contributed by atoms with E-state index in [2.05, 4.69) is 33.6 Å². The van der Waals surface area contributed by atoms with Crippen molar-refractivity contribution in [1.29, 1.82) is 0 Å². The Morgan fingerprint density at radius 3 is 2.70 bits per heavy atom. The minimum Gasteiger partial charge on any atom is -0.389 e. The van der Waals surface area contributed by atoms with Gasteiger partial charge in [0, 0.05) is 48.5 Å². The first-order chi connectivity index (χ1) is 20.7. The summed E-state index contributed by atoms with van der Waals surface area (Å²) >= 11 is 0. The molecule has 2 atom stereocenters. The molecule has 0 aliphatic carbocycles. The smallest absolute Gasteiger partial charge is 0.274 e. The van der Waals surface area contributed by atoms with Gasteiger partial charge in [0.05, 0.1) is 47.8 Å². The lowest BCUT2D eigenvalue weighted by atomic mass is 9.94. The van der Waals surface area contributed by atoms with Crippen molar-refractivity contribution in [2.24, 2.45) is 7.05 Å². The summed E-state index contributed by atoms with van der Waals surface area (Å²) in [5.41, 5.74) is 4.88. The van der Waals surface area contributed by atoms with E-state index < -0.39 is 5.60 Å². The lowest BCUT2D eigenvalue weighted by molar-refractivity contribution is -0.00792. The number of benzene rings is 2. The minimum absolute atomic E-state index is 0.0734. The van der Waals surface area contributed by atoms with Crippen molar-refractivity contribution in [3.8, 4) is 22.5 Å². The highest BCUT2D eigenvalue weighted by molar-refractivity contribution is 5.97. The Morgan fingerprint density at radius 1 is 1.05 bits per heavy atom. The van der Waals surface area contributed by atoms with Crippen molar-refractivity contribution < 1.29 is 9.84 Å². The molecule has 0 spiro atoms. The van der Waals surface area contributed by atoms with Crippen LogP contribution in [0.5, 0.6) is 0 Å². The maximum Gasteiger partial charge on any atom is 0.274 e. The number of ether oxygens (including phenoxy) is 1. The van der Waals surface area contributed by atoms with Crippen LogP contribution in [0.2, 0.25) is 0 Å². The van der Waals surface area contributed by atoms with Crippen molar-refractivity contribution in [3.05, 3.63) is 101 Å². The SMILES string of the molecule is Cn1cc(-c2ccc3nc(-c4cnn(CC(C)(C)O)c4)nc([C@H]4OCCNC4c4ccccc4)c3c2)c2cc[nH]c2c1=O. The average molecular weight is 576 g/mol. The predicted molar refractivity (Wildman–Crippen MR) is 165 cm³/mol. The number of aliphatic hydroxyl groups is 1. The third-order valence-corrected chi connectivity index (χ3v) is 7.87. The van der Waals surface area contributed by atoms with Gasteiger partial charge in [-0.2, -0.15) is 5.10 Å². The molecule has 2 aromatic carbocycles. The summed E-state index contributed by atoms with van der Waals surface area (Å²) < 4.78 is 9.79. The highest BCUT2D eigenvalue weighted by Crippen LogP contribution is 2.39. The highest BCUT2D eigenvalue weighted by Gasteiger charge is 2.32. The van der Waals surface area contributed by atoms with Crippen LogP contribution in [0.25, 0.3) is 44.3 Å². The number of fused-ring (bicyclic) bond motifs is 2. The second-order valence-electron chi connectivity index (χ2n) is 11.8. The van der Waals surface area contributed by atoms with Crippen LogP contribution in [-0.2, 0) is 18.3 Å². The van der Waals surface area contributed by atoms with Gasteiger partial charge in [-0.3, -0.25) is 9.48 Å². The van der Waals surface area contributed by atoms with Crippen molar-refractivity contribution in [3.63, 3.8) is 0 Å². The zero-order valence-corrected chi connectivity index (χ0v) is 24.3. The normalized spacial score (nSPS) is 17.6. The maximum absolute atomic E-state index is 12.7. The first-order valence-corrected chi connectivity index (χ1v) is 14.4. The van der Waals surface area contributed by atoms with Gasteiger partial charge in [-0.25, -0.2) is 9.97 Å². The van der Waals surface area contributed by atoms with Gasteiger partial charge in [0.1, 0.15) is 11.6 Å². The molecule has 1 saturated heterocycles. The number of rotatable bonds is 6. The second kappa shape index (κ2) is 10.6. The number of hydrogen-bond acceptors (Lipinski definition) is 7. The molecule has 43 heavy (non-hydrogen) atoms. The van der Waals surface area contributed by atoms with Crippen molar-refractivity contribution in [2.45, 2.75) is 38.1 Å². The summed E-state index contributed by atoms with van der Waals surface area (Å²) in [6.45, 7) is 5.11. The number of aryl methyl sites for hydroxylation is 1. The Hall–Kier alpha value is -4.64. The third kappa shape index (κ3) is 5.14. The number of H-pyrrole nitrogens is 1. The van der Waals surface area contributed by atoms with Gasteiger partial charge < -0.3 is 24.7 Å². The van der Waals surface area contributed by atoms with E-state index in [4.69, 9.17) is 14.7 Å². The molecular weight excluding hydrogens is 542 g/mol. The summed E-state index contributed by atoms with van der Waals surface area (Å²) in [5, 5.41) is 20.1. The fourth-order valence-electron chi connectivity index (χ4n) is 5.92. The summed E-state index contributed by atoms with van der Waals surface area (Å²) in [5.74, 6) is 0.536. The van der Waals surface area contributed by atoms with E-state index in [1.165, 1.54) is 0 Å². The highest BCUT2D eigenvalue weighted by atomic mass is 16.5. The Kier molecular flexibility index (Phi) is 6.69. The largest absolute Gasteiger partial charge is 0.389 e. The maximum atomic E-state index is 12.7. The van der Waals surface area contributed by atoms with Crippen molar-refractivity contribution in [1.82, 2.24) is 34.6 Å². The Morgan fingerprint density at radius 2 is 1.88 bits per heavy atom. The molecule has 6 aromatic rings. The van der Waals surface area contributed by atoms with Crippen LogP contribution in [0.1, 0.15) is 37.3 Å². The van der Waals surface area contributed by atoms with Gasteiger partial charge in [-0.05, 0) is 43.2 Å². The molecule has 3 N–H and O–H groups in total. The molecular formula is C33H33N7O3. The number of nitrogens with zero attached hydrogens (tertiary/aromatic N) is 5. The number of pyridine rings is 1. The summed E-state index contributed by atoms with van der Waals surface area (Å²) in [6, 6.07) is 18.2. The number of aromatic amines is 1. The fraction of sp³-hybridized carbons (Fsp3) is 0.273. The lowest BCUT2D eigenvalue weighted by Gasteiger charge is -2.33. The molecule has 1 aliphatic rings. The molecule has 0 amide bonds. The molecule has 4 aromatic heterocycles. The van der Waals surface area contributed by atoms with Gasteiger partial charge in [-0.1, -0.05) is 36.4 Å². The van der Waals surface area contributed by atoms with E-state index in [0.717, 1.165) is 50.8 Å². The molecule has 0 radical (unpaired) electrons. The van der Waals surface area contributed by atoms with Crippen LogP contribution < -0.4 is 10.9 Å². The van der Waals surface area contributed by atoms with E-state index in [1.807, 2.05) is 48.8 Å². The molecule has 1 aliphatic heterocycles. The zero-order chi connectivity index (χ0) is 29.7. The Bertz CT molecular complexity index is 2000. The van der Waals surface area contributed by atoms with Gasteiger partial charge >= 0.3 is 0 Å². The monoisotopic (exact) mass is 575 g/mol. The van der Waals surface area contributed by atoms with E-state index >= 15 is 0 Å². The van der Waals surface area contributed by atoms with Crippen LogP contribution >= 0.6 is 0 Å². The Balaban J connectivity index is 1.42. The Labute approximate surface area is 248 Å². The summed E-state index contributed by atoms with van der Waals surface area (Å²) in [4.78, 5) is 25.9. The van der Waals surface area contributed by atoms with Crippen LogP contribution in [0, 0.1) is 0 Å². The van der Waals surface area contributed by atoms with E-state index in [-0.39, 0.29) is 17.7 Å². The van der Waals surface area contributed by atoms with Gasteiger partial charge in [0.15, 0.2) is 5.82 Å². The van der Waals surface area contributed by atoms with E-state index in [1.54, 1.807) is 42.5 Å². The molecule has 10 nitrogen and oxygen atoms in total. The quantitative estimate of drug-likeness (QED) is 0.267. The summed E-state index contributed by atoms with van der Waals surface area (Å²) in [6.07, 6.45) is 6.87. The number of hydrogen-bond donors (Lipinski definition) is 3.